The molecule has 10 heteroatoms. The van der Waals surface area contributed by atoms with E-state index >= 15 is 0 Å². The molecule has 0 unspecified atom stereocenters. The first kappa shape index (κ1) is 20.7. The Bertz CT molecular complexity index is 595. The number of pyridine rings is 1. The minimum atomic E-state index is -1.06. The number of hydrogen-bond donors (Lipinski definition) is 4. The van der Waals surface area contributed by atoms with Gasteiger partial charge in [0.05, 0.1) is 18.5 Å². The highest BCUT2D eigenvalue weighted by molar-refractivity contribution is 5.95. The normalized spacial score (nSPS) is 9.04. The molecule has 0 aromatic carbocycles. The fourth-order valence-corrected chi connectivity index (χ4v) is 1.26. The zero-order valence-corrected chi connectivity index (χ0v) is 12.8. The predicted octanol–water partition coefficient (Wildman–Crippen LogP) is -0.0955. The number of anilines is 1. The van der Waals surface area contributed by atoms with Gasteiger partial charge in [-0.3, -0.25) is 19.2 Å². The van der Waals surface area contributed by atoms with Gasteiger partial charge in [-0.2, -0.15) is 0 Å². The Hall–Kier alpha value is -3.30. The summed E-state index contributed by atoms with van der Waals surface area (Å²) in [6.45, 7) is 0.993. The maximum absolute atomic E-state index is 11.5. The average Bonchev–Trinajstić information content (AvgIpc) is 2.51. The first-order chi connectivity index (χ1) is 11.3. The highest BCUT2D eigenvalue weighted by Crippen LogP contribution is 2.06. The number of nitrogens with one attached hydrogen (secondary N) is 2. The van der Waals surface area contributed by atoms with Crippen molar-refractivity contribution in [1.82, 2.24) is 10.3 Å². The van der Waals surface area contributed by atoms with E-state index in [-0.39, 0.29) is 30.8 Å². The van der Waals surface area contributed by atoms with E-state index in [2.05, 4.69) is 15.6 Å². The molecular weight excluding hydrogens is 322 g/mol. The van der Waals surface area contributed by atoms with E-state index in [0.29, 0.717) is 6.29 Å². The van der Waals surface area contributed by atoms with Gasteiger partial charge in [-0.1, -0.05) is 0 Å². The minimum absolute atomic E-state index is 0.0908. The van der Waals surface area contributed by atoms with Crippen LogP contribution >= 0.6 is 0 Å². The lowest BCUT2D eigenvalue weighted by Crippen LogP contribution is -2.25. The van der Waals surface area contributed by atoms with Gasteiger partial charge in [0.1, 0.15) is 12.1 Å². The summed E-state index contributed by atoms with van der Waals surface area (Å²) >= 11 is 0. The van der Waals surface area contributed by atoms with E-state index in [1.807, 2.05) is 0 Å². The third-order valence-corrected chi connectivity index (χ3v) is 2.21. The summed E-state index contributed by atoms with van der Waals surface area (Å²) in [5.41, 5.74) is 0.246. The quantitative estimate of drug-likeness (QED) is 0.500. The van der Waals surface area contributed by atoms with Crippen LogP contribution in [0.4, 0.5) is 5.82 Å². The van der Waals surface area contributed by atoms with E-state index in [0.717, 1.165) is 6.92 Å². The van der Waals surface area contributed by atoms with Crippen LogP contribution in [0.2, 0.25) is 0 Å². The molecule has 0 aliphatic rings. The molecule has 10 nitrogen and oxygen atoms in total. The third-order valence-electron chi connectivity index (χ3n) is 2.21. The second-order valence-electron chi connectivity index (χ2n) is 4.27. The summed E-state index contributed by atoms with van der Waals surface area (Å²) in [7, 11) is 0. The number of carboxylic acid groups (broad SMARTS) is 2. The van der Waals surface area contributed by atoms with Crippen LogP contribution in [-0.2, 0) is 19.2 Å². The van der Waals surface area contributed by atoms with Gasteiger partial charge in [0.25, 0.3) is 11.9 Å². The molecule has 0 atom stereocenters. The van der Waals surface area contributed by atoms with Crippen LogP contribution in [-0.4, -0.2) is 51.8 Å². The largest absolute Gasteiger partial charge is 0.481 e. The second kappa shape index (κ2) is 11.3. The zero-order valence-electron chi connectivity index (χ0n) is 12.8. The van der Waals surface area contributed by atoms with E-state index in [9.17, 15) is 19.2 Å². The van der Waals surface area contributed by atoms with Gasteiger partial charge in [-0.25, -0.2) is 4.98 Å². The summed E-state index contributed by atoms with van der Waals surface area (Å²) in [6.07, 6.45) is 1.38. The van der Waals surface area contributed by atoms with Gasteiger partial charge in [-0.15, -0.1) is 0 Å². The molecule has 1 heterocycles. The fourth-order valence-electron chi connectivity index (χ4n) is 1.26. The maximum atomic E-state index is 11.5. The van der Waals surface area contributed by atoms with Crippen molar-refractivity contribution in [2.24, 2.45) is 0 Å². The summed E-state index contributed by atoms with van der Waals surface area (Å²) in [6, 6.07) is 2.84. The molecule has 0 saturated carbocycles. The number of aromatic nitrogens is 1. The number of hydrogen-bond acceptors (Lipinski definition) is 6. The molecule has 0 fully saturated rings. The van der Waals surface area contributed by atoms with Gasteiger partial charge in [-0.05, 0) is 12.1 Å². The molecule has 130 valence electrons. The summed E-state index contributed by atoms with van der Waals surface area (Å²) in [5, 5.41) is 20.6. The highest BCUT2D eigenvalue weighted by atomic mass is 16.4. The molecule has 0 radical (unpaired) electrons. The third kappa shape index (κ3) is 10.4. The van der Waals surface area contributed by atoms with Crippen LogP contribution in [0.25, 0.3) is 0 Å². The monoisotopic (exact) mass is 339 g/mol. The van der Waals surface area contributed by atoms with Crippen molar-refractivity contribution in [3.05, 3.63) is 23.9 Å². The number of nitrogens with zero attached hydrogens (tertiary/aromatic N) is 1. The Balaban J connectivity index is 0.00000118. The van der Waals surface area contributed by atoms with Crippen LogP contribution < -0.4 is 10.6 Å². The lowest BCUT2D eigenvalue weighted by molar-refractivity contribution is -0.138. The van der Waals surface area contributed by atoms with Crippen molar-refractivity contribution in [1.29, 1.82) is 0 Å². The van der Waals surface area contributed by atoms with Gasteiger partial charge < -0.3 is 25.6 Å². The summed E-state index contributed by atoms with van der Waals surface area (Å²) < 4.78 is 0. The van der Waals surface area contributed by atoms with E-state index in [1.54, 1.807) is 0 Å². The number of carbonyl (C=O) groups excluding carboxylic acids is 3. The van der Waals surface area contributed by atoms with Crippen LogP contribution in [0.3, 0.4) is 0 Å². The summed E-state index contributed by atoms with van der Waals surface area (Å²) in [5.74, 6) is -2.60. The van der Waals surface area contributed by atoms with Crippen molar-refractivity contribution in [3.63, 3.8) is 0 Å². The smallest absolute Gasteiger partial charge is 0.303 e. The van der Waals surface area contributed by atoms with Crippen molar-refractivity contribution >= 4 is 35.9 Å². The Kier molecular flexibility index (Phi) is 9.74. The first-order valence-electron chi connectivity index (χ1n) is 6.65. The maximum Gasteiger partial charge on any atom is 0.303 e. The molecule has 0 saturated heterocycles. The number of aliphatic carboxylic acids is 2. The van der Waals surface area contributed by atoms with Crippen LogP contribution in [0.15, 0.2) is 18.3 Å². The van der Waals surface area contributed by atoms with Crippen LogP contribution in [0.1, 0.15) is 30.1 Å². The van der Waals surface area contributed by atoms with Crippen molar-refractivity contribution in [3.8, 4) is 0 Å². The number of amides is 2. The molecule has 4 N–H and O–H groups in total. The van der Waals surface area contributed by atoms with Crippen molar-refractivity contribution in [2.75, 3.05) is 11.9 Å². The number of carboxylic acids is 2. The van der Waals surface area contributed by atoms with E-state index in [1.165, 1.54) is 18.3 Å². The first-order valence-corrected chi connectivity index (χ1v) is 6.65. The number of rotatable bonds is 7. The Morgan fingerprint density at radius 3 is 2.25 bits per heavy atom. The van der Waals surface area contributed by atoms with Gasteiger partial charge >= 0.3 is 5.97 Å². The van der Waals surface area contributed by atoms with Gasteiger partial charge in [0.15, 0.2) is 0 Å². The highest BCUT2D eigenvalue weighted by Gasteiger charge is 2.08. The molecule has 1 aromatic rings. The lowest BCUT2D eigenvalue weighted by atomic mass is 10.2. The Labute approximate surface area is 136 Å². The Morgan fingerprint density at radius 1 is 1.17 bits per heavy atom. The number of carbonyl (C=O) groups is 5. The SMILES string of the molecule is CC(=O)O.O=CCNC(=O)c1ccc(NC(=O)CCC(=O)O)nc1. The molecule has 0 aliphatic heterocycles. The van der Waals surface area contributed by atoms with Gasteiger partial charge in [0, 0.05) is 19.5 Å². The van der Waals surface area contributed by atoms with Gasteiger partial charge in [0.2, 0.25) is 5.91 Å². The zero-order chi connectivity index (χ0) is 18.5. The van der Waals surface area contributed by atoms with Crippen molar-refractivity contribution in [2.45, 2.75) is 19.8 Å². The standard InChI is InChI=1S/C12H13N3O5.C2H4O2/c16-6-5-13-12(20)8-1-2-9(14-7-8)15-10(17)3-4-11(18)19;1-2(3)4/h1-2,6-7H,3-5H2,(H,13,20)(H,18,19)(H,14,15,17);1H3,(H,3,4). The minimum Gasteiger partial charge on any atom is -0.481 e. The predicted molar refractivity (Wildman–Crippen MR) is 81.4 cm³/mol. The molecular formula is C14H17N3O7. The molecule has 0 bridgehead atoms. The molecule has 24 heavy (non-hydrogen) atoms. The van der Waals surface area contributed by atoms with E-state index in [4.69, 9.17) is 15.0 Å². The van der Waals surface area contributed by atoms with Crippen LogP contribution in [0.5, 0.6) is 0 Å². The average molecular weight is 339 g/mol. The molecule has 0 aliphatic carbocycles. The fraction of sp³-hybridized carbons (Fsp3) is 0.286. The second-order valence-corrected chi connectivity index (χ2v) is 4.27. The van der Waals surface area contributed by atoms with E-state index < -0.39 is 23.8 Å². The van der Waals surface area contributed by atoms with Crippen molar-refractivity contribution < 1.29 is 34.2 Å². The molecule has 2 amide bonds. The van der Waals surface area contributed by atoms with Crippen LogP contribution in [0, 0.1) is 0 Å². The summed E-state index contributed by atoms with van der Waals surface area (Å²) in [4.78, 5) is 56.0. The molecule has 0 spiro atoms. The molecule has 1 rings (SSSR count). The number of aldehydes is 1. The molecule has 1 aromatic heterocycles. The Morgan fingerprint density at radius 2 is 1.79 bits per heavy atom. The topological polar surface area (TPSA) is 163 Å². The lowest BCUT2D eigenvalue weighted by Gasteiger charge is -2.05.